The summed E-state index contributed by atoms with van der Waals surface area (Å²) in [6.07, 6.45) is 10.0. The molecule has 3 rings (SSSR count). The Morgan fingerprint density at radius 3 is 2.80 bits per heavy atom. The predicted molar refractivity (Wildman–Crippen MR) is 80.0 cm³/mol. The van der Waals surface area contributed by atoms with E-state index in [1.807, 2.05) is 4.57 Å². The monoisotopic (exact) mass is 290 g/mol. The second-order valence-electron chi connectivity index (χ2n) is 5.60. The summed E-state index contributed by atoms with van der Waals surface area (Å²) in [6, 6.07) is 0. The molecule has 1 N–H and O–H groups in total. The highest BCUT2D eigenvalue weighted by molar-refractivity contribution is 6.32. The van der Waals surface area contributed by atoms with E-state index in [1.165, 1.54) is 19.3 Å². The molecule has 20 heavy (non-hydrogen) atoms. The van der Waals surface area contributed by atoms with E-state index in [4.69, 9.17) is 11.6 Å². The van der Waals surface area contributed by atoms with Gasteiger partial charge in [-0.2, -0.15) is 0 Å². The fraction of sp³-hybridized carbons (Fsp3) is 0.562. The summed E-state index contributed by atoms with van der Waals surface area (Å²) < 4.78 is 1.94. The third-order valence-corrected chi connectivity index (χ3v) is 4.59. The van der Waals surface area contributed by atoms with E-state index in [1.54, 1.807) is 12.5 Å². The maximum Gasteiger partial charge on any atom is 0.0993 e. The fourth-order valence-electron chi connectivity index (χ4n) is 3.16. The van der Waals surface area contributed by atoms with Crippen LogP contribution in [-0.2, 0) is 6.42 Å². The van der Waals surface area contributed by atoms with Gasteiger partial charge in [-0.15, -0.1) is 0 Å². The molecule has 1 aromatic heterocycles. The van der Waals surface area contributed by atoms with Gasteiger partial charge in [0.25, 0.3) is 0 Å². The third kappa shape index (κ3) is 2.63. The first-order chi connectivity index (χ1) is 9.77. The minimum Gasteiger partial charge on any atom is -0.387 e. The predicted octanol–water partition coefficient (Wildman–Crippen LogP) is 3.18. The third-order valence-electron chi connectivity index (χ3n) is 4.27. The zero-order chi connectivity index (χ0) is 13.9. The first kappa shape index (κ1) is 13.7. The van der Waals surface area contributed by atoms with Gasteiger partial charge >= 0.3 is 0 Å². The van der Waals surface area contributed by atoms with Gasteiger partial charge in [0.2, 0.25) is 0 Å². The Morgan fingerprint density at radius 1 is 1.25 bits per heavy atom. The molecule has 106 valence electrons. The summed E-state index contributed by atoms with van der Waals surface area (Å²) in [5, 5.41) is 11.5. The van der Waals surface area contributed by atoms with Crippen molar-refractivity contribution in [1.29, 1.82) is 0 Å². The lowest BCUT2D eigenvalue weighted by atomic mass is 9.83. The molecule has 0 unspecified atom stereocenters. The van der Waals surface area contributed by atoms with Crippen molar-refractivity contribution >= 4 is 17.3 Å². The van der Waals surface area contributed by atoms with E-state index in [0.29, 0.717) is 23.8 Å². The highest BCUT2D eigenvalue weighted by Crippen LogP contribution is 2.34. The summed E-state index contributed by atoms with van der Waals surface area (Å²) in [5.41, 5.74) is 1.79. The number of allylic oxidation sites excluding steroid dienone is 1. The number of aliphatic hydroxyl groups is 1. The quantitative estimate of drug-likeness (QED) is 0.850. The van der Waals surface area contributed by atoms with Crippen LogP contribution in [0.3, 0.4) is 0 Å². The van der Waals surface area contributed by atoms with Crippen molar-refractivity contribution in [3.05, 3.63) is 23.3 Å². The zero-order valence-electron chi connectivity index (χ0n) is 11.5. The number of aromatic nitrogens is 2. The molecular formula is C16H19ClN2O. The van der Waals surface area contributed by atoms with Crippen LogP contribution >= 0.6 is 11.6 Å². The van der Waals surface area contributed by atoms with Crippen LogP contribution in [0.2, 0.25) is 0 Å². The molecule has 0 aromatic carbocycles. The number of imidazole rings is 1. The van der Waals surface area contributed by atoms with Crippen LogP contribution < -0.4 is 0 Å². The summed E-state index contributed by atoms with van der Waals surface area (Å²) in [5.74, 6) is 6.45. The van der Waals surface area contributed by atoms with Crippen molar-refractivity contribution in [1.82, 2.24) is 9.55 Å². The van der Waals surface area contributed by atoms with E-state index in [2.05, 4.69) is 16.8 Å². The van der Waals surface area contributed by atoms with E-state index < -0.39 is 6.10 Å². The normalized spacial score (nSPS) is 25.1. The number of rotatable bonds is 2. The molecule has 1 aromatic rings. The number of aliphatic hydroxyl groups excluding tert-OH is 1. The van der Waals surface area contributed by atoms with Crippen molar-refractivity contribution in [3.8, 4) is 11.8 Å². The van der Waals surface area contributed by atoms with Crippen LogP contribution in [0.5, 0.6) is 0 Å². The Bertz CT molecular complexity index is 573. The Balaban J connectivity index is 1.97. The van der Waals surface area contributed by atoms with Gasteiger partial charge in [-0.1, -0.05) is 42.7 Å². The van der Waals surface area contributed by atoms with Crippen LogP contribution in [0.1, 0.15) is 44.2 Å². The van der Waals surface area contributed by atoms with Crippen molar-refractivity contribution < 1.29 is 5.11 Å². The van der Waals surface area contributed by atoms with Crippen molar-refractivity contribution in [2.24, 2.45) is 5.92 Å². The number of halogens is 1. The molecule has 0 radical (unpaired) electrons. The highest BCUT2D eigenvalue weighted by Gasteiger charge is 2.28. The molecule has 0 saturated heterocycles. The van der Waals surface area contributed by atoms with Crippen LogP contribution in [-0.4, -0.2) is 20.8 Å². The van der Waals surface area contributed by atoms with Crippen LogP contribution in [0.4, 0.5) is 0 Å². The summed E-state index contributed by atoms with van der Waals surface area (Å²) in [6.45, 7) is 0. The van der Waals surface area contributed by atoms with E-state index in [0.717, 1.165) is 24.2 Å². The van der Waals surface area contributed by atoms with Gasteiger partial charge in [0, 0.05) is 12.6 Å². The minimum absolute atomic E-state index is 0.301. The fourth-order valence-corrected chi connectivity index (χ4v) is 3.43. The molecule has 0 bridgehead atoms. The molecule has 1 aliphatic heterocycles. The molecule has 2 heterocycles. The smallest absolute Gasteiger partial charge is 0.0993 e. The lowest BCUT2D eigenvalue weighted by Crippen LogP contribution is -2.28. The minimum atomic E-state index is -0.518. The first-order valence-electron chi connectivity index (χ1n) is 7.31. The second kappa shape index (κ2) is 6.03. The molecule has 4 heteroatoms. The maximum absolute atomic E-state index is 10.8. The molecule has 2 aliphatic rings. The lowest BCUT2D eigenvalue weighted by molar-refractivity contribution is 0.128. The largest absolute Gasteiger partial charge is 0.387 e. The second-order valence-corrected chi connectivity index (χ2v) is 6.05. The topological polar surface area (TPSA) is 38.1 Å². The first-order valence-corrected chi connectivity index (χ1v) is 7.69. The van der Waals surface area contributed by atoms with Gasteiger partial charge in [0.05, 0.1) is 35.3 Å². The standard InChI is InChI=1S/C16H19ClN2O/c17-14-9-5-4-8-13-10-18-11-19(13)15(14)16(20)12-6-2-1-3-7-12/h10-12,16,20H,1-3,6-9H2/b15-14+/t16-/m1/s1. The Kier molecular flexibility index (Phi) is 4.14. The van der Waals surface area contributed by atoms with Crippen molar-refractivity contribution in [2.75, 3.05) is 0 Å². The van der Waals surface area contributed by atoms with E-state index >= 15 is 0 Å². The Hall–Kier alpha value is -1.24. The van der Waals surface area contributed by atoms with Crippen LogP contribution in [0.25, 0.3) is 5.70 Å². The average Bonchev–Trinajstić information content (AvgIpc) is 2.90. The van der Waals surface area contributed by atoms with Gasteiger partial charge in [-0.05, 0) is 18.8 Å². The highest BCUT2D eigenvalue weighted by atomic mass is 35.5. The van der Waals surface area contributed by atoms with Gasteiger partial charge < -0.3 is 9.67 Å². The molecule has 1 atom stereocenters. The number of hydrogen-bond acceptors (Lipinski definition) is 2. The molecule has 1 fully saturated rings. The van der Waals surface area contributed by atoms with E-state index in [9.17, 15) is 5.11 Å². The SMILES string of the molecule is O[C@@H](/C1=C(\Cl)CC#CCc2cncn21)C1CCCCC1. The molecular weight excluding hydrogens is 272 g/mol. The van der Waals surface area contributed by atoms with E-state index in [-0.39, 0.29) is 0 Å². The van der Waals surface area contributed by atoms with Crippen molar-refractivity contribution in [2.45, 2.75) is 51.0 Å². The molecule has 1 aliphatic carbocycles. The lowest BCUT2D eigenvalue weighted by Gasteiger charge is -2.30. The van der Waals surface area contributed by atoms with Gasteiger partial charge in [0.1, 0.15) is 0 Å². The average molecular weight is 291 g/mol. The molecule has 0 amide bonds. The van der Waals surface area contributed by atoms with Crippen LogP contribution in [0, 0.1) is 17.8 Å². The number of fused-ring (bicyclic) bond motifs is 1. The van der Waals surface area contributed by atoms with Gasteiger partial charge in [0.15, 0.2) is 0 Å². The number of nitrogens with zero attached hydrogens (tertiary/aromatic N) is 2. The molecule has 3 nitrogen and oxygen atoms in total. The molecule has 0 spiro atoms. The summed E-state index contributed by atoms with van der Waals surface area (Å²) in [4.78, 5) is 4.19. The molecule has 1 saturated carbocycles. The number of hydrogen-bond donors (Lipinski definition) is 1. The Morgan fingerprint density at radius 2 is 2.00 bits per heavy atom. The van der Waals surface area contributed by atoms with Gasteiger partial charge in [-0.3, -0.25) is 0 Å². The van der Waals surface area contributed by atoms with Crippen LogP contribution in [0.15, 0.2) is 17.6 Å². The maximum atomic E-state index is 10.8. The van der Waals surface area contributed by atoms with Gasteiger partial charge in [-0.25, -0.2) is 4.98 Å². The summed E-state index contributed by atoms with van der Waals surface area (Å²) >= 11 is 6.43. The summed E-state index contributed by atoms with van der Waals surface area (Å²) in [7, 11) is 0. The Labute approximate surface area is 124 Å². The van der Waals surface area contributed by atoms with Crippen molar-refractivity contribution in [3.63, 3.8) is 0 Å². The zero-order valence-corrected chi connectivity index (χ0v) is 12.2.